The summed E-state index contributed by atoms with van der Waals surface area (Å²) in [7, 11) is 0. The fourth-order valence-electron chi connectivity index (χ4n) is 1.96. The molecule has 0 unspecified atom stereocenters. The second-order valence-electron chi connectivity index (χ2n) is 5.35. The van der Waals surface area contributed by atoms with Crippen LogP contribution < -0.4 is 5.32 Å². The third-order valence-electron chi connectivity index (χ3n) is 3.25. The Hall–Kier alpha value is -0.390. The van der Waals surface area contributed by atoms with Gasteiger partial charge < -0.3 is 10.1 Å². The minimum absolute atomic E-state index is 0.713. The van der Waals surface area contributed by atoms with Crippen LogP contribution in [0.25, 0.3) is 0 Å². The van der Waals surface area contributed by atoms with Crippen LogP contribution in [0.5, 0.6) is 0 Å². The lowest BCUT2D eigenvalue weighted by molar-refractivity contribution is 0.125. The van der Waals surface area contributed by atoms with Crippen molar-refractivity contribution in [3.8, 4) is 0 Å². The quantitative estimate of drug-likeness (QED) is 0.660. The Balaban J connectivity index is 2.29. The van der Waals surface area contributed by atoms with Crippen LogP contribution in [0.2, 0.25) is 0 Å². The van der Waals surface area contributed by atoms with E-state index < -0.39 is 0 Å². The Morgan fingerprint density at radius 3 is 2.65 bits per heavy atom. The van der Waals surface area contributed by atoms with Crippen LogP contribution in [-0.4, -0.2) is 29.5 Å². The molecular weight excluding hydrogens is 318 g/mol. The molecule has 116 valence electrons. The van der Waals surface area contributed by atoms with Crippen LogP contribution in [0.3, 0.4) is 0 Å². The second kappa shape index (κ2) is 9.53. The number of nitrogens with one attached hydrogen (secondary N) is 1. The van der Waals surface area contributed by atoms with Crippen LogP contribution in [0.1, 0.15) is 45.5 Å². The lowest BCUT2D eigenvalue weighted by Crippen LogP contribution is -2.21. The largest absolute Gasteiger partial charge is 0.380 e. The minimum Gasteiger partial charge on any atom is -0.380 e. The highest BCUT2D eigenvalue weighted by Gasteiger charge is 2.12. The predicted molar refractivity (Wildman–Crippen MR) is 87.0 cm³/mol. The van der Waals surface area contributed by atoms with E-state index >= 15 is 0 Å². The van der Waals surface area contributed by atoms with Gasteiger partial charge in [0.05, 0.1) is 22.5 Å². The third-order valence-corrected chi connectivity index (χ3v) is 4.16. The summed E-state index contributed by atoms with van der Waals surface area (Å²) in [5.41, 5.74) is 2.36. The van der Waals surface area contributed by atoms with Crippen molar-refractivity contribution in [2.75, 3.05) is 19.8 Å². The molecular formula is C15H28BrN3O. The van der Waals surface area contributed by atoms with E-state index in [4.69, 9.17) is 4.74 Å². The predicted octanol–water partition coefficient (Wildman–Crippen LogP) is 3.38. The molecule has 0 fully saturated rings. The Labute approximate surface area is 131 Å². The average Bonchev–Trinajstić information content (AvgIpc) is 2.73. The maximum absolute atomic E-state index is 5.60. The van der Waals surface area contributed by atoms with Gasteiger partial charge in [-0.15, -0.1) is 0 Å². The van der Waals surface area contributed by atoms with Crippen molar-refractivity contribution in [3.63, 3.8) is 0 Å². The molecule has 0 radical (unpaired) electrons. The molecule has 0 spiro atoms. The highest BCUT2D eigenvalue weighted by Crippen LogP contribution is 2.22. The standard InChI is InChI=1S/C15H28BrN3O/c1-5-13-15(16)14(19(6-2)18-13)11-17-8-10-20-9-7-12(3)4/h12,17H,5-11H2,1-4H3. The highest BCUT2D eigenvalue weighted by molar-refractivity contribution is 9.10. The molecule has 0 aliphatic carbocycles. The first-order valence-corrected chi connectivity index (χ1v) is 8.41. The van der Waals surface area contributed by atoms with Crippen molar-refractivity contribution in [2.45, 2.75) is 53.6 Å². The van der Waals surface area contributed by atoms with Crippen molar-refractivity contribution in [1.82, 2.24) is 15.1 Å². The van der Waals surface area contributed by atoms with Gasteiger partial charge in [0.2, 0.25) is 0 Å². The van der Waals surface area contributed by atoms with Gasteiger partial charge in [-0.05, 0) is 41.6 Å². The first-order chi connectivity index (χ1) is 9.60. The smallest absolute Gasteiger partial charge is 0.0767 e. The number of hydrogen-bond acceptors (Lipinski definition) is 3. The summed E-state index contributed by atoms with van der Waals surface area (Å²) in [6, 6.07) is 0. The van der Waals surface area contributed by atoms with E-state index in [1.807, 2.05) is 0 Å². The molecule has 0 atom stereocenters. The fraction of sp³-hybridized carbons (Fsp3) is 0.800. The summed E-state index contributed by atoms with van der Waals surface area (Å²) in [5.74, 6) is 0.713. The van der Waals surface area contributed by atoms with Crippen LogP contribution in [0, 0.1) is 5.92 Å². The molecule has 0 aliphatic heterocycles. The van der Waals surface area contributed by atoms with Crippen LogP contribution in [0.15, 0.2) is 4.47 Å². The van der Waals surface area contributed by atoms with Crippen LogP contribution >= 0.6 is 15.9 Å². The molecule has 1 heterocycles. The molecule has 1 aromatic heterocycles. The molecule has 1 aromatic rings. The Morgan fingerprint density at radius 2 is 2.05 bits per heavy atom. The number of aromatic nitrogens is 2. The normalized spacial score (nSPS) is 11.5. The monoisotopic (exact) mass is 345 g/mol. The Kier molecular flexibility index (Phi) is 8.41. The van der Waals surface area contributed by atoms with Crippen molar-refractivity contribution in [2.24, 2.45) is 5.92 Å². The number of aryl methyl sites for hydroxylation is 2. The van der Waals surface area contributed by atoms with E-state index in [0.29, 0.717) is 5.92 Å². The zero-order chi connectivity index (χ0) is 15.0. The molecule has 0 amide bonds. The topological polar surface area (TPSA) is 39.1 Å². The third kappa shape index (κ3) is 5.54. The Bertz CT molecular complexity index is 391. The zero-order valence-corrected chi connectivity index (χ0v) is 14.8. The summed E-state index contributed by atoms with van der Waals surface area (Å²) in [6.45, 7) is 12.9. The van der Waals surface area contributed by atoms with E-state index in [0.717, 1.165) is 55.9 Å². The fourth-order valence-corrected chi connectivity index (χ4v) is 2.66. The van der Waals surface area contributed by atoms with E-state index in [1.54, 1.807) is 0 Å². The summed E-state index contributed by atoms with van der Waals surface area (Å²) in [4.78, 5) is 0. The van der Waals surface area contributed by atoms with Gasteiger partial charge in [0, 0.05) is 26.2 Å². The van der Waals surface area contributed by atoms with Crippen molar-refractivity contribution in [3.05, 3.63) is 15.9 Å². The van der Waals surface area contributed by atoms with Gasteiger partial charge >= 0.3 is 0 Å². The highest BCUT2D eigenvalue weighted by atomic mass is 79.9. The molecule has 4 nitrogen and oxygen atoms in total. The van der Waals surface area contributed by atoms with Crippen molar-refractivity contribution in [1.29, 1.82) is 0 Å². The van der Waals surface area contributed by atoms with Gasteiger partial charge in [-0.2, -0.15) is 5.10 Å². The van der Waals surface area contributed by atoms with Gasteiger partial charge in [0.1, 0.15) is 0 Å². The van der Waals surface area contributed by atoms with Gasteiger partial charge in [-0.3, -0.25) is 4.68 Å². The zero-order valence-electron chi connectivity index (χ0n) is 13.2. The lowest BCUT2D eigenvalue weighted by atomic mass is 10.1. The summed E-state index contributed by atoms with van der Waals surface area (Å²) >= 11 is 3.66. The van der Waals surface area contributed by atoms with Crippen molar-refractivity contribution < 1.29 is 4.74 Å². The van der Waals surface area contributed by atoms with E-state index in [2.05, 4.69) is 58.7 Å². The molecule has 0 saturated carbocycles. The van der Waals surface area contributed by atoms with E-state index in [-0.39, 0.29) is 0 Å². The van der Waals surface area contributed by atoms with E-state index in [1.165, 1.54) is 5.69 Å². The molecule has 0 aliphatic rings. The molecule has 0 saturated heterocycles. The number of rotatable bonds is 10. The first kappa shape index (κ1) is 17.7. The maximum atomic E-state index is 5.60. The molecule has 1 N–H and O–H groups in total. The Morgan fingerprint density at radius 1 is 1.30 bits per heavy atom. The number of halogens is 1. The second-order valence-corrected chi connectivity index (χ2v) is 6.14. The van der Waals surface area contributed by atoms with Gasteiger partial charge in [-0.1, -0.05) is 20.8 Å². The van der Waals surface area contributed by atoms with Crippen LogP contribution in [-0.2, 0) is 24.2 Å². The van der Waals surface area contributed by atoms with Gasteiger partial charge in [0.25, 0.3) is 0 Å². The molecule has 1 rings (SSSR count). The lowest BCUT2D eigenvalue weighted by Gasteiger charge is -2.09. The maximum Gasteiger partial charge on any atom is 0.0767 e. The molecule has 20 heavy (non-hydrogen) atoms. The summed E-state index contributed by atoms with van der Waals surface area (Å²) in [5, 5.41) is 8.02. The first-order valence-electron chi connectivity index (χ1n) is 7.62. The van der Waals surface area contributed by atoms with Gasteiger partial charge in [0.15, 0.2) is 0 Å². The van der Waals surface area contributed by atoms with Crippen LogP contribution in [0.4, 0.5) is 0 Å². The average molecular weight is 346 g/mol. The number of ether oxygens (including phenoxy) is 1. The number of nitrogens with zero attached hydrogens (tertiary/aromatic N) is 2. The van der Waals surface area contributed by atoms with Gasteiger partial charge in [-0.25, -0.2) is 0 Å². The van der Waals surface area contributed by atoms with Crippen molar-refractivity contribution >= 4 is 15.9 Å². The SMILES string of the molecule is CCc1nn(CC)c(CNCCOCCC(C)C)c1Br. The van der Waals surface area contributed by atoms with E-state index in [9.17, 15) is 0 Å². The summed E-state index contributed by atoms with van der Waals surface area (Å²) in [6.07, 6.45) is 2.09. The molecule has 5 heteroatoms. The summed E-state index contributed by atoms with van der Waals surface area (Å²) < 4.78 is 8.81. The number of hydrogen-bond donors (Lipinski definition) is 1. The molecule has 0 bridgehead atoms. The minimum atomic E-state index is 0.713. The molecule has 0 aromatic carbocycles.